The van der Waals surface area contributed by atoms with Crippen molar-refractivity contribution in [2.24, 2.45) is 5.41 Å². The number of rotatable bonds is 6. The molecule has 2 aromatic rings. The van der Waals surface area contributed by atoms with Crippen molar-refractivity contribution in [2.45, 2.75) is 44.9 Å². The molecule has 1 spiro atoms. The van der Waals surface area contributed by atoms with Gasteiger partial charge in [-0.05, 0) is 65.7 Å². The summed E-state index contributed by atoms with van der Waals surface area (Å²) in [6.45, 7) is 5.14. The number of aliphatic hydroxyl groups is 1. The molecule has 2 fully saturated rings. The number of benzene rings is 1. The van der Waals surface area contributed by atoms with Crippen LogP contribution in [-0.2, 0) is 11.3 Å². The van der Waals surface area contributed by atoms with Crippen molar-refractivity contribution < 1.29 is 9.90 Å². The Balaban J connectivity index is 1.32. The molecule has 1 saturated carbocycles. The molecule has 2 heterocycles. The van der Waals surface area contributed by atoms with Crippen LogP contribution in [-0.4, -0.2) is 46.5 Å². The van der Waals surface area contributed by atoms with Crippen LogP contribution >= 0.6 is 11.3 Å². The molecule has 1 saturated heterocycles. The minimum atomic E-state index is -0.428. The van der Waals surface area contributed by atoms with E-state index in [1.807, 2.05) is 30.3 Å². The van der Waals surface area contributed by atoms with E-state index < -0.39 is 6.10 Å². The first-order chi connectivity index (χ1) is 13.1. The Hall–Kier alpha value is -1.69. The van der Waals surface area contributed by atoms with Crippen molar-refractivity contribution in [1.82, 2.24) is 9.80 Å². The topological polar surface area (TPSA) is 43.8 Å². The average Bonchev–Trinajstić information content (AvgIpc) is 3.11. The maximum absolute atomic E-state index is 12.2. The molecule has 1 aromatic heterocycles. The zero-order valence-electron chi connectivity index (χ0n) is 15.9. The SMILES string of the molecule is CC(=O)N(Cc1ccsc1)C1CC12CCN(CC(O)c1ccccc1)CC2. The first-order valence-electron chi connectivity index (χ1n) is 9.81. The summed E-state index contributed by atoms with van der Waals surface area (Å²) in [6.07, 6.45) is 2.94. The summed E-state index contributed by atoms with van der Waals surface area (Å²) in [4.78, 5) is 16.7. The van der Waals surface area contributed by atoms with E-state index in [1.54, 1.807) is 18.3 Å². The molecule has 27 heavy (non-hydrogen) atoms. The molecule has 1 aliphatic carbocycles. The number of carbonyl (C=O) groups excluding carboxylic acids is 1. The molecular formula is C22H28N2O2S. The average molecular weight is 385 g/mol. The van der Waals surface area contributed by atoms with Gasteiger partial charge in [-0.2, -0.15) is 11.3 Å². The molecule has 2 atom stereocenters. The fourth-order valence-corrected chi connectivity index (χ4v) is 5.19. The molecule has 144 valence electrons. The lowest BCUT2D eigenvalue weighted by Crippen LogP contribution is -2.41. The van der Waals surface area contributed by atoms with Crippen LogP contribution in [0.25, 0.3) is 0 Å². The van der Waals surface area contributed by atoms with Crippen molar-refractivity contribution in [3.8, 4) is 0 Å². The number of carbonyl (C=O) groups is 1. The maximum atomic E-state index is 12.2. The highest BCUT2D eigenvalue weighted by Crippen LogP contribution is 2.57. The third-order valence-corrected chi connectivity index (χ3v) is 7.06. The molecule has 0 bridgehead atoms. The molecule has 5 heteroatoms. The zero-order valence-corrected chi connectivity index (χ0v) is 16.7. The number of nitrogens with zero attached hydrogens (tertiary/aromatic N) is 2. The zero-order chi connectivity index (χ0) is 18.9. The van der Waals surface area contributed by atoms with Gasteiger partial charge in [0, 0.05) is 26.1 Å². The third kappa shape index (κ3) is 4.10. The van der Waals surface area contributed by atoms with Crippen LogP contribution in [0.2, 0.25) is 0 Å². The summed E-state index contributed by atoms with van der Waals surface area (Å²) in [7, 11) is 0. The van der Waals surface area contributed by atoms with Crippen molar-refractivity contribution in [3.05, 3.63) is 58.3 Å². The van der Waals surface area contributed by atoms with Gasteiger partial charge in [0.25, 0.3) is 0 Å². The van der Waals surface area contributed by atoms with Crippen molar-refractivity contribution in [1.29, 1.82) is 0 Å². The summed E-state index contributed by atoms with van der Waals surface area (Å²) in [5, 5.41) is 14.7. The second-order valence-corrected chi connectivity index (χ2v) is 8.87. The highest BCUT2D eigenvalue weighted by molar-refractivity contribution is 7.07. The van der Waals surface area contributed by atoms with Crippen molar-refractivity contribution in [3.63, 3.8) is 0 Å². The Morgan fingerprint density at radius 1 is 1.30 bits per heavy atom. The highest BCUT2D eigenvalue weighted by Gasteiger charge is 2.58. The number of likely N-dealkylation sites (tertiary alicyclic amines) is 1. The largest absolute Gasteiger partial charge is 0.387 e. The number of thiophene rings is 1. The van der Waals surface area contributed by atoms with Crippen LogP contribution in [0, 0.1) is 5.41 Å². The molecule has 0 radical (unpaired) electrons. The fourth-order valence-electron chi connectivity index (χ4n) is 4.53. The predicted octanol–water partition coefficient (Wildman–Crippen LogP) is 3.68. The Morgan fingerprint density at radius 3 is 2.67 bits per heavy atom. The standard InChI is InChI=1S/C22H28N2O2S/c1-17(25)24(14-18-7-12-27-16-18)21-13-22(21)8-10-23(11-9-22)15-20(26)19-5-3-2-4-6-19/h2-7,12,16,20-21,26H,8-11,13-15H2,1H3. The minimum Gasteiger partial charge on any atom is -0.387 e. The molecule has 4 rings (SSSR count). The summed E-state index contributed by atoms with van der Waals surface area (Å²) in [5.41, 5.74) is 2.52. The molecule has 1 aliphatic heterocycles. The number of amides is 1. The van der Waals surface area contributed by atoms with Gasteiger partial charge in [0.1, 0.15) is 0 Å². The fraction of sp³-hybridized carbons (Fsp3) is 0.500. The normalized spacial score (nSPS) is 22.5. The van der Waals surface area contributed by atoms with E-state index >= 15 is 0 Å². The Morgan fingerprint density at radius 2 is 2.04 bits per heavy atom. The molecule has 2 unspecified atom stereocenters. The first kappa shape index (κ1) is 18.7. The van der Waals surface area contributed by atoms with E-state index in [1.165, 1.54) is 5.56 Å². The molecule has 4 nitrogen and oxygen atoms in total. The van der Waals surface area contributed by atoms with Gasteiger partial charge in [-0.25, -0.2) is 0 Å². The molecule has 1 aromatic carbocycles. The summed E-state index contributed by atoms with van der Waals surface area (Å²) in [5.74, 6) is 0.185. The number of piperidine rings is 1. The van der Waals surface area contributed by atoms with Crippen LogP contribution in [0.5, 0.6) is 0 Å². The van der Waals surface area contributed by atoms with Gasteiger partial charge in [-0.1, -0.05) is 30.3 Å². The lowest BCUT2D eigenvalue weighted by Gasteiger charge is -2.35. The molecule has 1 amide bonds. The predicted molar refractivity (Wildman–Crippen MR) is 108 cm³/mol. The lowest BCUT2D eigenvalue weighted by molar-refractivity contribution is -0.130. The van der Waals surface area contributed by atoms with Gasteiger partial charge in [0.05, 0.1) is 6.10 Å². The lowest BCUT2D eigenvalue weighted by atomic mass is 9.91. The summed E-state index contributed by atoms with van der Waals surface area (Å²) >= 11 is 1.69. The maximum Gasteiger partial charge on any atom is 0.220 e. The van der Waals surface area contributed by atoms with Crippen LogP contribution in [0.1, 0.15) is 43.4 Å². The van der Waals surface area contributed by atoms with E-state index in [2.05, 4.69) is 26.6 Å². The van der Waals surface area contributed by atoms with E-state index in [-0.39, 0.29) is 5.91 Å². The van der Waals surface area contributed by atoms with Crippen LogP contribution in [0.3, 0.4) is 0 Å². The van der Waals surface area contributed by atoms with E-state index in [9.17, 15) is 9.90 Å². The van der Waals surface area contributed by atoms with E-state index in [0.29, 0.717) is 18.0 Å². The quantitative estimate of drug-likeness (QED) is 0.826. The smallest absolute Gasteiger partial charge is 0.220 e. The van der Waals surface area contributed by atoms with E-state index in [0.717, 1.165) is 44.5 Å². The highest BCUT2D eigenvalue weighted by atomic mass is 32.1. The number of hydrogen-bond acceptors (Lipinski definition) is 4. The Kier molecular flexibility index (Phi) is 5.35. The molecular weight excluding hydrogens is 356 g/mol. The number of hydrogen-bond donors (Lipinski definition) is 1. The molecule has 2 aliphatic rings. The Bertz CT molecular complexity index is 754. The van der Waals surface area contributed by atoms with Gasteiger partial charge in [0.2, 0.25) is 5.91 Å². The first-order valence-corrected chi connectivity index (χ1v) is 10.8. The monoisotopic (exact) mass is 384 g/mol. The minimum absolute atomic E-state index is 0.185. The summed E-state index contributed by atoms with van der Waals surface area (Å²) < 4.78 is 0. The van der Waals surface area contributed by atoms with Crippen molar-refractivity contribution >= 4 is 17.2 Å². The van der Waals surface area contributed by atoms with Crippen LogP contribution in [0.4, 0.5) is 0 Å². The van der Waals surface area contributed by atoms with Gasteiger partial charge < -0.3 is 14.9 Å². The Labute approximate surface area is 165 Å². The van der Waals surface area contributed by atoms with Crippen molar-refractivity contribution in [2.75, 3.05) is 19.6 Å². The molecule has 1 N–H and O–H groups in total. The third-order valence-electron chi connectivity index (χ3n) is 6.33. The number of β-amino-alcohol motifs (C(OH)–C–C–N with tert-alkyl or cyclic N) is 1. The van der Waals surface area contributed by atoms with Crippen LogP contribution in [0.15, 0.2) is 47.2 Å². The van der Waals surface area contributed by atoms with E-state index in [4.69, 9.17) is 0 Å². The van der Waals surface area contributed by atoms with Crippen LogP contribution < -0.4 is 0 Å². The number of aliphatic hydroxyl groups excluding tert-OH is 1. The second kappa shape index (κ2) is 7.74. The van der Waals surface area contributed by atoms with Gasteiger partial charge >= 0.3 is 0 Å². The second-order valence-electron chi connectivity index (χ2n) is 8.09. The van der Waals surface area contributed by atoms with Gasteiger partial charge in [-0.3, -0.25) is 4.79 Å². The van der Waals surface area contributed by atoms with Gasteiger partial charge in [0.15, 0.2) is 0 Å². The summed E-state index contributed by atoms with van der Waals surface area (Å²) in [6, 6.07) is 12.4. The van der Waals surface area contributed by atoms with Gasteiger partial charge in [-0.15, -0.1) is 0 Å².